The lowest BCUT2D eigenvalue weighted by Crippen LogP contribution is -2.13. The summed E-state index contributed by atoms with van der Waals surface area (Å²) in [5.74, 6) is -1.32. The number of aryl methyl sites for hydroxylation is 1. The van der Waals surface area contributed by atoms with Crippen molar-refractivity contribution in [2.75, 3.05) is 4.72 Å². The van der Waals surface area contributed by atoms with Gasteiger partial charge in [-0.2, -0.15) is 0 Å². The van der Waals surface area contributed by atoms with Gasteiger partial charge in [-0.1, -0.05) is 23.8 Å². The number of aromatic hydroxyl groups is 1. The number of aliphatic carboxylic acids is 1. The molecule has 0 aliphatic rings. The lowest BCUT2D eigenvalue weighted by Gasteiger charge is -2.11. The van der Waals surface area contributed by atoms with E-state index in [1.165, 1.54) is 30.3 Å². The Bertz CT molecular complexity index is 797. The molecule has 3 N–H and O–H groups in total. The Morgan fingerprint density at radius 3 is 2.36 bits per heavy atom. The molecule has 0 heterocycles. The van der Waals surface area contributed by atoms with Gasteiger partial charge in [-0.25, -0.2) is 8.42 Å². The molecule has 0 aliphatic carbocycles. The second-order valence-corrected chi connectivity index (χ2v) is 6.52. The zero-order valence-corrected chi connectivity index (χ0v) is 12.6. The summed E-state index contributed by atoms with van der Waals surface area (Å²) >= 11 is 0. The van der Waals surface area contributed by atoms with Crippen LogP contribution in [0.3, 0.4) is 0 Å². The monoisotopic (exact) mass is 321 g/mol. The molecule has 0 spiro atoms. The first-order chi connectivity index (χ1) is 10.3. The molecule has 0 amide bonds. The van der Waals surface area contributed by atoms with Crippen LogP contribution < -0.4 is 4.72 Å². The molecule has 0 atom stereocenters. The van der Waals surface area contributed by atoms with Gasteiger partial charge in [-0.05, 0) is 36.8 Å². The Morgan fingerprint density at radius 1 is 1.14 bits per heavy atom. The first-order valence-electron chi connectivity index (χ1n) is 6.41. The van der Waals surface area contributed by atoms with Crippen LogP contribution in [0.1, 0.15) is 11.1 Å². The van der Waals surface area contributed by atoms with E-state index in [2.05, 4.69) is 4.72 Å². The van der Waals surface area contributed by atoms with Crippen LogP contribution in [0.25, 0.3) is 0 Å². The molecular formula is C15H15NO5S. The van der Waals surface area contributed by atoms with E-state index in [1.807, 2.05) is 6.92 Å². The number of hydrogen-bond donors (Lipinski definition) is 3. The van der Waals surface area contributed by atoms with Gasteiger partial charge in [-0.3, -0.25) is 9.52 Å². The second kappa shape index (κ2) is 6.07. The summed E-state index contributed by atoms with van der Waals surface area (Å²) in [5, 5.41) is 18.5. The van der Waals surface area contributed by atoms with Gasteiger partial charge < -0.3 is 10.2 Å². The van der Waals surface area contributed by atoms with Crippen LogP contribution in [0.2, 0.25) is 0 Å². The normalized spacial score (nSPS) is 11.1. The van der Waals surface area contributed by atoms with Crippen molar-refractivity contribution >= 4 is 21.7 Å². The molecule has 0 saturated heterocycles. The Hall–Kier alpha value is -2.54. The highest BCUT2D eigenvalue weighted by Crippen LogP contribution is 2.27. The van der Waals surface area contributed by atoms with Crippen molar-refractivity contribution in [2.45, 2.75) is 18.2 Å². The third kappa shape index (κ3) is 3.76. The predicted octanol–water partition coefficient (Wildman–Crippen LogP) is 2.13. The third-order valence-electron chi connectivity index (χ3n) is 2.99. The van der Waals surface area contributed by atoms with Gasteiger partial charge in [0.05, 0.1) is 17.0 Å². The minimum Gasteiger partial charge on any atom is -0.506 e. The quantitative estimate of drug-likeness (QED) is 0.732. The molecule has 0 saturated carbocycles. The fraction of sp³-hybridized carbons (Fsp3) is 0.133. The molecular weight excluding hydrogens is 306 g/mol. The van der Waals surface area contributed by atoms with E-state index in [0.29, 0.717) is 5.56 Å². The number of carboxylic acid groups (broad SMARTS) is 1. The van der Waals surface area contributed by atoms with Crippen LogP contribution >= 0.6 is 0 Å². The molecule has 0 aromatic heterocycles. The zero-order valence-electron chi connectivity index (χ0n) is 11.8. The van der Waals surface area contributed by atoms with Crippen LogP contribution in [0, 0.1) is 6.92 Å². The SMILES string of the molecule is Cc1ccc(S(=O)(=O)Nc2cc(CC(=O)O)ccc2O)cc1. The third-order valence-corrected chi connectivity index (χ3v) is 4.37. The molecule has 6 nitrogen and oxygen atoms in total. The molecule has 2 aromatic carbocycles. The summed E-state index contributed by atoms with van der Waals surface area (Å²) in [6.07, 6.45) is -0.264. The van der Waals surface area contributed by atoms with Gasteiger partial charge >= 0.3 is 5.97 Å². The number of sulfonamides is 1. The summed E-state index contributed by atoms with van der Waals surface area (Å²) in [5.41, 5.74) is 1.25. The van der Waals surface area contributed by atoms with Crippen LogP contribution in [-0.4, -0.2) is 24.6 Å². The van der Waals surface area contributed by atoms with E-state index >= 15 is 0 Å². The molecule has 2 rings (SSSR count). The van der Waals surface area contributed by atoms with Gasteiger partial charge in [0, 0.05) is 0 Å². The van der Waals surface area contributed by atoms with Crippen LogP contribution in [0.4, 0.5) is 5.69 Å². The van der Waals surface area contributed by atoms with Crippen molar-refractivity contribution in [1.82, 2.24) is 0 Å². The molecule has 0 bridgehead atoms. The standard InChI is InChI=1S/C15H15NO5S/c1-10-2-5-12(6-3-10)22(20,21)16-13-8-11(9-15(18)19)4-7-14(13)17/h2-8,16-17H,9H2,1H3,(H,18,19). The number of anilines is 1. The van der Waals surface area contributed by atoms with E-state index in [1.54, 1.807) is 12.1 Å². The molecule has 0 fully saturated rings. The Balaban J connectivity index is 2.32. The number of benzene rings is 2. The molecule has 22 heavy (non-hydrogen) atoms. The van der Waals surface area contributed by atoms with Crippen molar-refractivity contribution in [2.24, 2.45) is 0 Å². The highest BCUT2D eigenvalue weighted by Gasteiger charge is 2.16. The maximum absolute atomic E-state index is 12.3. The van der Waals surface area contributed by atoms with Crippen LogP contribution in [0.5, 0.6) is 5.75 Å². The number of rotatable bonds is 5. The number of phenols is 1. The highest BCUT2D eigenvalue weighted by atomic mass is 32.2. The first kappa shape index (κ1) is 15.8. The average molecular weight is 321 g/mol. The lowest BCUT2D eigenvalue weighted by atomic mass is 10.1. The van der Waals surface area contributed by atoms with E-state index in [4.69, 9.17) is 5.11 Å². The average Bonchev–Trinajstić information content (AvgIpc) is 2.42. The maximum atomic E-state index is 12.3. The van der Waals surface area contributed by atoms with E-state index < -0.39 is 16.0 Å². The number of hydrogen-bond acceptors (Lipinski definition) is 4. The Labute approximate surface area is 128 Å². The minimum atomic E-state index is -3.86. The summed E-state index contributed by atoms with van der Waals surface area (Å²) in [4.78, 5) is 10.8. The number of nitrogens with one attached hydrogen (secondary N) is 1. The fourth-order valence-corrected chi connectivity index (χ4v) is 2.94. The smallest absolute Gasteiger partial charge is 0.307 e. The van der Waals surface area contributed by atoms with Gasteiger partial charge in [0.25, 0.3) is 10.0 Å². The van der Waals surface area contributed by atoms with E-state index in [-0.39, 0.29) is 22.8 Å². The Kier molecular flexibility index (Phi) is 4.37. The minimum absolute atomic E-state index is 0.0562. The molecule has 116 valence electrons. The predicted molar refractivity (Wildman–Crippen MR) is 81.4 cm³/mol. The second-order valence-electron chi connectivity index (χ2n) is 4.84. The molecule has 0 aliphatic heterocycles. The van der Waals surface area contributed by atoms with Crippen molar-refractivity contribution in [3.63, 3.8) is 0 Å². The molecule has 7 heteroatoms. The summed E-state index contributed by atoms with van der Waals surface area (Å²) < 4.78 is 26.8. The molecule has 0 radical (unpaired) electrons. The summed E-state index contributed by atoms with van der Waals surface area (Å²) in [6, 6.07) is 10.2. The topological polar surface area (TPSA) is 104 Å². The van der Waals surface area contributed by atoms with Gasteiger partial charge in [0.2, 0.25) is 0 Å². The lowest BCUT2D eigenvalue weighted by molar-refractivity contribution is -0.136. The summed E-state index contributed by atoms with van der Waals surface area (Å²) in [7, 11) is -3.86. The van der Waals surface area contributed by atoms with Gasteiger partial charge in [-0.15, -0.1) is 0 Å². The maximum Gasteiger partial charge on any atom is 0.307 e. The Morgan fingerprint density at radius 2 is 1.77 bits per heavy atom. The van der Waals surface area contributed by atoms with Crippen LogP contribution in [-0.2, 0) is 21.2 Å². The van der Waals surface area contributed by atoms with Crippen molar-refractivity contribution in [1.29, 1.82) is 0 Å². The number of phenolic OH excluding ortho intramolecular Hbond substituents is 1. The van der Waals surface area contributed by atoms with E-state index in [9.17, 15) is 18.3 Å². The first-order valence-corrected chi connectivity index (χ1v) is 7.89. The zero-order chi connectivity index (χ0) is 16.3. The summed E-state index contributed by atoms with van der Waals surface area (Å²) in [6.45, 7) is 1.84. The number of carboxylic acids is 1. The largest absolute Gasteiger partial charge is 0.506 e. The fourth-order valence-electron chi connectivity index (χ4n) is 1.87. The number of carbonyl (C=O) groups is 1. The molecule has 0 unspecified atom stereocenters. The van der Waals surface area contributed by atoms with Crippen molar-refractivity contribution in [3.05, 3.63) is 53.6 Å². The van der Waals surface area contributed by atoms with Crippen molar-refractivity contribution < 1.29 is 23.4 Å². The van der Waals surface area contributed by atoms with E-state index in [0.717, 1.165) is 5.56 Å². The van der Waals surface area contributed by atoms with Gasteiger partial charge in [0.1, 0.15) is 5.75 Å². The van der Waals surface area contributed by atoms with Crippen LogP contribution in [0.15, 0.2) is 47.4 Å². The highest BCUT2D eigenvalue weighted by molar-refractivity contribution is 7.92. The van der Waals surface area contributed by atoms with Gasteiger partial charge in [0.15, 0.2) is 0 Å². The van der Waals surface area contributed by atoms with Crippen molar-refractivity contribution in [3.8, 4) is 5.75 Å². The molecule has 2 aromatic rings.